The van der Waals surface area contributed by atoms with Crippen LogP contribution in [0.4, 0.5) is 13.2 Å². The molecule has 1 atom stereocenters. The molecule has 0 spiro atoms. The molecule has 19 heavy (non-hydrogen) atoms. The first-order chi connectivity index (χ1) is 8.71. The number of methoxy groups -OCH3 is 1. The molecule has 6 heteroatoms. The molecule has 1 aromatic rings. The molecule has 0 aliphatic rings. The molecule has 0 aromatic heterocycles. The fraction of sp³-hybridized carbons (Fsp3) is 0.538. The number of alkyl halides is 3. The number of rotatable bonds is 5. The molecule has 0 radical (unpaired) electrons. The third-order valence-electron chi connectivity index (χ3n) is 2.97. The van der Waals surface area contributed by atoms with E-state index < -0.39 is 18.0 Å². The Morgan fingerprint density at radius 1 is 1.16 bits per heavy atom. The van der Waals surface area contributed by atoms with E-state index in [4.69, 9.17) is 4.74 Å². The number of hydrogen-bond donors (Lipinski definition) is 1. The van der Waals surface area contributed by atoms with E-state index in [0.717, 1.165) is 0 Å². The third kappa shape index (κ3) is 4.11. The van der Waals surface area contributed by atoms with Crippen molar-refractivity contribution in [3.05, 3.63) is 29.8 Å². The normalized spacial score (nSPS) is 14.3. The Hall–Kier alpha value is -1.27. The smallest absolute Gasteiger partial charge is 0.405 e. The number of likely N-dealkylation sites (N-methyl/N-ethyl adjacent to an activating group) is 1. The van der Waals surface area contributed by atoms with Gasteiger partial charge < -0.3 is 14.8 Å². The highest BCUT2D eigenvalue weighted by atomic mass is 19.4. The van der Waals surface area contributed by atoms with Gasteiger partial charge in [0.05, 0.1) is 11.6 Å². The molecule has 0 saturated carbocycles. The molecule has 1 N–H and O–H groups in total. The summed E-state index contributed by atoms with van der Waals surface area (Å²) < 4.78 is 46.6. The minimum absolute atomic E-state index is 0.223. The average Bonchev–Trinajstić information content (AvgIpc) is 2.30. The lowest BCUT2D eigenvalue weighted by Crippen LogP contribution is -2.39. The molecule has 108 valence electrons. The molecule has 1 rings (SSSR count). The molecule has 0 fully saturated rings. The topological polar surface area (TPSA) is 30.5 Å². The van der Waals surface area contributed by atoms with E-state index in [9.17, 15) is 13.2 Å². The standard InChI is InChI=1S/C13H18F3NO2/c1-12(2,18-4)11(17-3)9-7-5-6-8-10(9)19-13(14,15)16/h5-8,11,17H,1-4H3. The van der Waals surface area contributed by atoms with Gasteiger partial charge in [0.15, 0.2) is 0 Å². The van der Waals surface area contributed by atoms with Gasteiger partial charge in [0.25, 0.3) is 0 Å². The lowest BCUT2D eigenvalue weighted by molar-refractivity contribution is -0.275. The second-order valence-electron chi connectivity index (χ2n) is 4.61. The van der Waals surface area contributed by atoms with Crippen molar-refractivity contribution in [2.24, 2.45) is 0 Å². The third-order valence-corrected chi connectivity index (χ3v) is 2.97. The zero-order valence-electron chi connectivity index (χ0n) is 11.3. The second kappa shape index (κ2) is 5.79. The van der Waals surface area contributed by atoms with Crippen molar-refractivity contribution in [3.8, 4) is 5.75 Å². The fourth-order valence-electron chi connectivity index (χ4n) is 1.93. The van der Waals surface area contributed by atoms with Gasteiger partial charge in [-0.3, -0.25) is 0 Å². The lowest BCUT2D eigenvalue weighted by atomic mass is 9.91. The first-order valence-corrected chi connectivity index (χ1v) is 5.78. The van der Waals surface area contributed by atoms with Crippen molar-refractivity contribution >= 4 is 0 Å². The maximum atomic E-state index is 12.4. The summed E-state index contributed by atoms with van der Waals surface area (Å²) in [5, 5.41) is 2.96. The second-order valence-corrected chi connectivity index (χ2v) is 4.61. The zero-order valence-corrected chi connectivity index (χ0v) is 11.3. The molecule has 0 bridgehead atoms. The molecule has 3 nitrogen and oxygen atoms in total. The summed E-state index contributed by atoms with van der Waals surface area (Å²) in [6.45, 7) is 3.58. The van der Waals surface area contributed by atoms with Gasteiger partial charge in [-0.1, -0.05) is 18.2 Å². The molecule has 0 aliphatic heterocycles. The van der Waals surface area contributed by atoms with Gasteiger partial charge in [0.1, 0.15) is 5.75 Å². The maximum Gasteiger partial charge on any atom is 0.573 e. The Morgan fingerprint density at radius 2 is 1.74 bits per heavy atom. The largest absolute Gasteiger partial charge is 0.573 e. The van der Waals surface area contributed by atoms with Gasteiger partial charge in [0, 0.05) is 12.7 Å². The van der Waals surface area contributed by atoms with E-state index in [1.165, 1.54) is 19.2 Å². The van der Waals surface area contributed by atoms with E-state index in [1.807, 2.05) is 0 Å². The molecule has 0 aliphatic carbocycles. The fourth-order valence-corrected chi connectivity index (χ4v) is 1.93. The SMILES string of the molecule is CNC(c1ccccc1OC(F)(F)F)C(C)(C)OC. The number of halogens is 3. The molecular weight excluding hydrogens is 259 g/mol. The Bertz CT molecular complexity index is 419. The molecular formula is C13H18F3NO2. The van der Waals surface area contributed by atoms with Crippen LogP contribution in [0.3, 0.4) is 0 Å². The molecule has 0 heterocycles. The highest BCUT2D eigenvalue weighted by molar-refractivity contribution is 5.37. The molecule has 1 aromatic carbocycles. The number of ether oxygens (including phenoxy) is 2. The van der Waals surface area contributed by atoms with E-state index in [2.05, 4.69) is 10.1 Å². The summed E-state index contributed by atoms with van der Waals surface area (Å²) in [7, 11) is 3.17. The Kier molecular flexibility index (Phi) is 4.81. The van der Waals surface area contributed by atoms with Gasteiger partial charge in [0.2, 0.25) is 0 Å². The quantitative estimate of drug-likeness (QED) is 0.896. The Labute approximate surface area is 110 Å². The van der Waals surface area contributed by atoms with Crippen LogP contribution in [0, 0.1) is 0 Å². The summed E-state index contributed by atoms with van der Waals surface area (Å²) in [6, 6.07) is 5.60. The number of nitrogens with one attached hydrogen (secondary N) is 1. The van der Waals surface area contributed by atoms with Gasteiger partial charge in [-0.25, -0.2) is 0 Å². The first kappa shape index (κ1) is 15.8. The number of benzene rings is 1. The van der Waals surface area contributed by atoms with Crippen LogP contribution in [0.2, 0.25) is 0 Å². The van der Waals surface area contributed by atoms with Gasteiger partial charge in [-0.05, 0) is 27.0 Å². The maximum absolute atomic E-state index is 12.4. The Morgan fingerprint density at radius 3 is 2.21 bits per heavy atom. The van der Waals surface area contributed by atoms with Crippen molar-refractivity contribution in [1.82, 2.24) is 5.32 Å². The van der Waals surface area contributed by atoms with Gasteiger partial charge in [-0.2, -0.15) is 0 Å². The van der Waals surface area contributed by atoms with Crippen molar-refractivity contribution in [2.45, 2.75) is 31.9 Å². The number of hydrogen-bond acceptors (Lipinski definition) is 3. The van der Waals surface area contributed by atoms with E-state index in [1.54, 1.807) is 33.0 Å². The summed E-state index contributed by atoms with van der Waals surface area (Å²) in [5.41, 5.74) is -0.283. The lowest BCUT2D eigenvalue weighted by Gasteiger charge is -2.34. The summed E-state index contributed by atoms with van der Waals surface area (Å²) in [6.07, 6.45) is -4.72. The highest BCUT2D eigenvalue weighted by Crippen LogP contribution is 2.36. The minimum Gasteiger partial charge on any atom is -0.405 e. The van der Waals surface area contributed by atoms with Crippen molar-refractivity contribution in [1.29, 1.82) is 0 Å². The van der Waals surface area contributed by atoms with Crippen LogP contribution >= 0.6 is 0 Å². The van der Waals surface area contributed by atoms with E-state index in [0.29, 0.717) is 5.56 Å². The van der Waals surface area contributed by atoms with Crippen LogP contribution in [0.25, 0.3) is 0 Å². The van der Waals surface area contributed by atoms with Crippen LogP contribution < -0.4 is 10.1 Å². The molecule has 1 unspecified atom stereocenters. The van der Waals surface area contributed by atoms with Crippen molar-refractivity contribution in [2.75, 3.05) is 14.2 Å². The summed E-state index contributed by atoms with van der Waals surface area (Å²) in [5.74, 6) is -0.223. The van der Waals surface area contributed by atoms with Crippen LogP contribution in [-0.2, 0) is 4.74 Å². The van der Waals surface area contributed by atoms with Crippen LogP contribution in [-0.4, -0.2) is 26.1 Å². The predicted octanol–water partition coefficient (Wildman–Crippen LogP) is 3.27. The molecule has 0 amide bonds. The van der Waals surface area contributed by atoms with E-state index >= 15 is 0 Å². The van der Waals surface area contributed by atoms with Gasteiger partial charge in [-0.15, -0.1) is 13.2 Å². The van der Waals surface area contributed by atoms with E-state index in [-0.39, 0.29) is 5.75 Å². The minimum atomic E-state index is -4.72. The summed E-state index contributed by atoms with van der Waals surface area (Å²) >= 11 is 0. The summed E-state index contributed by atoms with van der Waals surface area (Å²) in [4.78, 5) is 0. The van der Waals surface area contributed by atoms with Crippen LogP contribution in [0.5, 0.6) is 5.75 Å². The zero-order chi connectivity index (χ0) is 14.7. The van der Waals surface area contributed by atoms with Crippen LogP contribution in [0.15, 0.2) is 24.3 Å². The highest BCUT2D eigenvalue weighted by Gasteiger charge is 2.36. The monoisotopic (exact) mass is 277 g/mol. The van der Waals surface area contributed by atoms with Crippen LogP contribution in [0.1, 0.15) is 25.5 Å². The van der Waals surface area contributed by atoms with Crippen molar-refractivity contribution < 1.29 is 22.6 Å². The predicted molar refractivity (Wildman–Crippen MR) is 66.0 cm³/mol. The Balaban J connectivity index is 3.18. The van der Waals surface area contributed by atoms with Crippen molar-refractivity contribution in [3.63, 3.8) is 0 Å². The molecule has 0 saturated heterocycles. The number of para-hydroxylation sites is 1. The first-order valence-electron chi connectivity index (χ1n) is 5.78. The average molecular weight is 277 g/mol. The van der Waals surface area contributed by atoms with Gasteiger partial charge >= 0.3 is 6.36 Å².